The molecule has 0 fully saturated rings. The molecule has 0 bridgehead atoms. The summed E-state index contributed by atoms with van der Waals surface area (Å²) >= 11 is 0. The fourth-order valence-electron chi connectivity index (χ4n) is 9.24. The largest absolute Gasteiger partial charge is 0.510 e. The van der Waals surface area contributed by atoms with Crippen molar-refractivity contribution in [2.75, 3.05) is 0 Å². The van der Waals surface area contributed by atoms with Crippen LogP contribution in [0.25, 0.3) is 83.4 Å². The Morgan fingerprint density at radius 1 is 0.592 bits per heavy atom. The van der Waals surface area contributed by atoms with E-state index in [1.807, 2.05) is 48.7 Å². The van der Waals surface area contributed by atoms with Crippen LogP contribution in [-0.2, 0) is 31.9 Å². The molecule has 11 aromatic rings. The van der Waals surface area contributed by atoms with Crippen molar-refractivity contribution in [1.29, 1.82) is 0 Å². The van der Waals surface area contributed by atoms with E-state index in [2.05, 4.69) is 133 Å². The first kappa shape index (κ1) is 36.6. The van der Waals surface area contributed by atoms with Gasteiger partial charge in [-0.15, -0.1) is 29.7 Å². The fourth-order valence-corrected chi connectivity index (χ4v) is 9.24. The van der Waals surface area contributed by atoms with Crippen LogP contribution in [-0.4, -0.2) is 14.1 Å². The molecule has 0 aliphatic carbocycles. The molecular weight excluding hydrogens is 1050 g/mol. The Bertz CT molecular complexity index is 4200. The van der Waals surface area contributed by atoms with Crippen LogP contribution in [0.5, 0.6) is 11.5 Å². The molecule has 0 aliphatic rings. The van der Waals surface area contributed by atoms with Crippen molar-refractivity contribution in [1.82, 2.24) is 14.1 Å². The first-order valence-corrected chi connectivity index (χ1v) is 23.5. The van der Waals surface area contributed by atoms with E-state index in [1.54, 1.807) is 33.4 Å². The van der Waals surface area contributed by atoms with Gasteiger partial charge in [0, 0.05) is 49.8 Å². The quantitative estimate of drug-likeness (QED) is 0.107. The Kier molecular flexibility index (Phi) is 9.68. The van der Waals surface area contributed by atoms with Crippen molar-refractivity contribution >= 4 is 32.8 Å². The molecule has 8 aromatic carbocycles. The average molecular weight is 1110 g/mol. The van der Waals surface area contributed by atoms with Crippen LogP contribution in [0.15, 0.2) is 188 Å². The molecule has 3 heterocycles. The summed E-state index contributed by atoms with van der Waals surface area (Å²) in [6.45, 7) is 17.7. The van der Waals surface area contributed by atoms with E-state index in [0.717, 1.165) is 44.3 Å². The summed E-state index contributed by atoms with van der Waals surface area (Å²) in [5.74, 6) is 1.72. The molecular formula is C65H56N4OPt-2. The van der Waals surface area contributed by atoms with Crippen molar-refractivity contribution in [3.63, 3.8) is 0 Å². The van der Waals surface area contributed by atoms with Gasteiger partial charge in [-0.3, -0.25) is 4.57 Å². The third-order valence-electron chi connectivity index (χ3n) is 12.9. The van der Waals surface area contributed by atoms with E-state index in [0.29, 0.717) is 28.2 Å². The Morgan fingerprint density at radius 2 is 1.23 bits per heavy atom. The Morgan fingerprint density at radius 3 is 1.89 bits per heavy atom. The van der Waals surface area contributed by atoms with Gasteiger partial charge in [-0.1, -0.05) is 200 Å². The maximum atomic E-state index is 9.06. The number of nitrogens with zero attached hydrogens (tertiary/aromatic N) is 4. The Hall–Kier alpha value is -7.33. The van der Waals surface area contributed by atoms with Crippen molar-refractivity contribution in [2.45, 2.75) is 72.1 Å². The van der Waals surface area contributed by atoms with E-state index >= 15 is 0 Å². The third kappa shape index (κ3) is 8.94. The molecule has 0 saturated carbocycles. The molecule has 354 valence electrons. The summed E-state index contributed by atoms with van der Waals surface area (Å²) in [5, 5.41) is 2.04. The summed E-state index contributed by atoms with van der Waals surface area (Å²) in [7, 11) is 0. The van der Waals surface area contributed by atoms with Crippen LogP contribution < -0.4 is 9.30 Å². The van der Waals surface area contributed by atoms with Gasteiger partial charge in [-0.25, -0.2) is 4.98 Å². The van der Waals surface area contributed by atoms with E-state index in [-0.39, 0.29) is 65.8 Å². The van der Waals surface area contributed by atoms with Crippen LogP contribution in [0.4, 0.5) is 0 Å². The van der Waals surface area contributed by atoms with Crippen molar-refractivity contribution in [3.05, 3.63) is 223 Å². The molecule has 0 spiro atoms. The van der Waals surface area contributed by atoms with Gasteiger partial charge >= 0.3 is 0 Å². The summed E-state index contributed by atoms with van der Waals surface area (Å²) in [4.78, 5) is 5.18. The molecule has 5 nitrogen and oxygen atoms in total. The van der Waals surface area contributed by atoms with Gasteiger partial charge in [0.05, 0.1) is 30.4 Å². The number of imidazole rings is 1. The summed E-state index contributed by atoms with van der Waals surface area (Å²) in [6, 6.07) is 40.8. The van der Waals surface area contributed by atoms with Gasteiger partial charge in [-0.2, -0.15) is 18.2 Å². The molecule has 6 heteroatoms. The molecule has 0 saturated heterocycles. The minimum atomic E-state index is -0.573. The molecule has 0 aliphatic heterocycles. The van der Waals surface area contributed by atoms with Gasteiger partial charge in [0.15, 0.2) is 0 Å². The number of ether oxygens (including phenoxy) is 1. The zero-order valence-electron chi connectivity index (χ0n) is 50.7. The van der Waals surface area contributed by atoms with Crippen molar-refractivity contribution in [3.8, 4) is 62.1 Å². The molecule has 0 unspecified atom stereocenters. The number of hydrogen-bond donors (Lipinski definition) is 0. The van der Waals surface area contributed by atoms with E-state index in [1.165, 1.54) is 11.1 Å². The number of aromatic nitrogens is 4. The second-order valence-corrected chi connectivity index (χ2v) is 20.0. The summed E-state index contributed by atoms with van der Waals surface area (Å²) in [5.41, 5.74) is 9.29. The zero-order chi connectivity index (χ0) is 57.0. The molecule has 0 atom stereocenters. The van der Waals surface area contributed by atoms with Crippen molar-refractivity contribution in [2.24, 2.45) is 0 Å². The Balaban J connectivity index is 0.00000736. The smallest absolute Gasteiger partial charge is 0.268 e. The monoisotopic (exact) mass is 1110 g/mol. The van der Waals surface area contributed by atoms with Crippen molar-refractivity contribution < 1.29 is 44.1 Å². The number of para-hydroxylation sites is 3. The predicted octanol–water partition coefficient (Wildman–Crippen LogP) is 16.3. The molecule has 11 rings (SSSR count). The molecule has 0 amide bonds. The van der Waals surface area contributed by atoms with Crippen LogP contribution in [0.2, 0.25) is 0 Å². The maximum Gasteiger partial charge on any atom is 0.268 e. The second kappa shape index (κ2) is 18.8. The van der Waals surface area contributed by atoms with Crippen LogP contribution in [0.1, 0.15) is 91.7 Å². The number of rotatable bonds is 9. The predicted molar refractivity (Wildman–Crippen MR) is 288 cm³/mol. The standard InChI is InChI=1S/C65H56N4O.Pt/c1-43(2)55-40-62(66-41-57(55)46-29-31-47(32-30-46)64(3,4)5)69-58-36-33-48(65(6,7)8)37-56(58)54-35-34-51(39-61(54)69)70-50-24-17-23-49(38-50)67-42-68(60-28-16-15-27-59(60)67)63-52(44-19-11-9-12-20-44)25-18-26-53(63)45-21-13-10-14-22-45;/h9-37,40-41,43H,1-8H3;/q-2;/i9D,10D,11D,12D,13D,14D,19D,20D,21D,22D;. The number of hydrogen-bond acceptors (Lipinski definition) is 2. The summed E-state index contributed by atoms with van der Waals surface area (Å²) < 4.78 is 99.7. The van der Waals surface area contributed by atoms with Gasteiger partial charge < -0.3 is 13.9 Å². The summed E-state index contributed by atoms with van der Waals surface area (Å²) in [6.07, 6.45) is 5.41. The normalized spacial score (nSPS) is 13.9. The second-order valence-electron chi connectivity index (χ2n) is 20.0. The Labute approximate surface area is 446 Å². The molecule has 71 heavy (non-hydrogen) atoms. The first-order valence-electron chi connectivity index (χ1n) is 28.5. The number of benzene rings is 8. The van der Waals surface area contributed by atoms with Crippen LogP contribution >= 0.6 is 0 Å². The van der Waals surface area contributed by atoms with Crippen LogP contribution in [0, 0.1) is 18.5 Å². The fraction of sp³-hybridized carbons (Fsp3) is 0.169. The van der Waals surface area contributed by atoms with Gasteiger partial charge in [0.2, 0.25) is 0 Å². The topological polar surface area (TPSA) is 35.9 Å². The minimum absolute atomic E-state index is 0. The van der Waals surface area contributed by atoms with Gasteiger partial charge in [0.25, 0.3) is 6.33 Å². The van der Waals surface area contributed by atoms with Crippen LogP contribution in [0.3, 0.4) is 0 Å². The minimum Gasteiger partial charge on any atom is -0.510 e. The zero-order valence-corrected chi connectivity index (χ0v) is 43.0. The SMILES string of the molecule is [2H]c1c([2H])c([2H])c(-c2cccc(-c3c([2H])c([2H])c([2H])c([2H])c3[2H])c2-[n+]2[c-]n(-c3[c-]c(Oc4[c-]c5c(cc4)c4cc(C(C)(C)C)ccc4n5-c4cc(C(C)C)c(-c5ccc(C(C)(C)C)cc5)cn4)ccc3)c3ccccc32)c([2H])c1[2H].[Pt]. The van der Waals surface area contributed by atoms with Gasteiger partial charge in [0.1, 0.15) is 5.82 Å². The van der Waals surface area contributed by atoms with Gasteiger partial charge in [-0.05, 0) is 84.5 Å². The molecule has 3 aromatic heterocycles. The number of pyridine rings is 1. The first-order chi connectivity index (χ1) is 37.9. The van der Waals surface area contributed by atoms with E-state index in [9.17, 15) is 0 Å². The third-order valence-corrected chi connectivity index (χ3v) is 12.9. The molecule has 0 N–H and O–H groups in total. The average Bonchev–Trinajstić information content (AvgIpc) is 4.08. The molecule has 0 radical (unpaired) electrons. The number of fused-ring (bicyclic) bond motifs is 4. The van der Waals surface area contributed by atoms with E-state index < -0.39 is 60.4 Å². The maximum absolute atomic E-state index is 9.06. The van der Waals surface area contributed by atoms with E-state index in [4.69, 9.17) is 23.4 Å².